The summed E-state index contributed by atoms with van der Waals surface area (Å²) in [6, 6.07) is 6.56. The lowest BCUT2D eigenvalue weighted by atomic mass is 9.99. The van der Waals surface area contributed by atoms with E-state index in [2.05, 4.69) is 37.5 Å². The second kappa shape index (κ2) is 7.17. The molecule has 1 aliphatic heterocycles. The third kappa shape index (κ3) is 3.65. The lowest BCUT2D eigenvalue weighted by molar-refractivity contribution is 0.282. The topological polar surface area (TPSA) is 47.3 Å². The van der Waals surface area contributed by atoms with Crippen molar-refractivity contribution in [1.82, 2.24) is 5.43 Å². The molecule has 19 heavy (non-hydrogen) atoms. The van der Waals surface area contributed by atoms with E-state index < -0.39 is 0 Å². The second-order valence-corrected chi connectivity index (χ2v) is 6.53. The van der Waals surface area contributed by atoms with Gasteiger partial charge in [-0.25, -0.2) is 0 Å². The average molecular weight is 280 g/mol. The number of ether oxygens (including phenoxy) is 1. The van der Waals surface area contributed by atoms with E-state index in [9.17, 15) is 0 Å². The number of para-hydroxylation sites is 1. The van der Waals surface area contributed by atoms with E-state index in [1.54, 1.807) is 0 Å². The number of fused-ring (bicyclic) bond motifs is 1. The first kappa shape index (κ1) is 14.7. The van der Waals surface area contributed by atoms with Crippen molar-refractivity contribution in [3.8, 4) is 5.75 Å². The van der Waals surface area contributed by atoms with E-state index >= 15 is 0 Å². The van der Waals surface area contributed by atoms with Crippen LogP contribution >= 0.6 is 11.8 Å². The van der Waals surface area contributed by atoms with Crippen LogP contribution in [0.1, 0.15) is 43.9 Å². The summed E-state index contributed by atoms with van der Waals surface area (Å²) in [5, 5.41) is 0.663. The van der Waals surface area contributed by atoms with Crippen LogP contribution < -0.4 is 16.0 Å². The maximum Gasteiger partial charge on any atom is 0.127 e. The van der Waals surface area contributed by atoms with Gasteiger partial charge in [0.1, 0.15) is 5.75 Å². The number of thioether (sulfide) groups is 1. The number of hydrazine groups is 1. The highest BCUT2D eigenvalue weighted by Crippen LogP contribution is 2.34. The van der Waals surface area contributed by atoms with Gasteiger partial charge in [0.05, 0.1) is 12.6 Å². The molecule has 0 spiro atoms. The van der Waals surface area contributed by atoms with Gasteiger partial charge < -0.3 is 4.74 Å². The zero-order valence-electron chi connectivity index (χ0n) is 11.8. The molecule has 0 amide bonds. The van der Waals surface area contributed by atoms with Gasteiger partial charge in [-0.05, 0) is 24.8 Å². The van der Waals surface area contributed by atoms with Gasteiger partial charge in [0.15, 0.2) is 0 Å². The van der Waals surface area contributed by atoms with Crippen LogP contribution in [0.25, 0.3) is 0 Å². The number of aryl methyl sites for hydroxylation is 1. The van der Waals surface area contributed by atoms with Gasteiger partial charge in [-0.2, -0.15) is 11.8 Å². The third-order valence-corrected chi connectivity index (χ3v) is 5.09. The van der Waals surface area contributed by atoms with Crippen molar-refractivity contribution in [2.75, 3.05) is 12.4 Å². The van der Waals surface area contributed by atoms with Crippen molar-refractivity contribution in [3.63, 3.8) is 0 Å². The fourth-order valence-corrected chi connectivity index (χ4v) is 3.33. The Morgan fingerprint density at radius 1 is 1.47 bits per heavy atom. The molecule has 1 aliphatic rings. The second-order valence-electron chi connectivity index (χ2n) is 5.06. The Kier molecular flexibility index (Phi) is 5.55. The first-order valence-corrected chi connectivity index (χ1v) is 8.13. The van der Waals surface area contributed by atoms with Crippen LogP contribution in [0.15, 0.2) is 18.2 Å². The quantitative estimate of drug-likeness (QED) is 0.621. The van der Waals surface area contributed by atoms with Gasteiger partial charge in [0.2, 0.25) is 0 Å². The van der Waals surface area contributed by atoms with Crippen LogP contribution in [-0.4, -0.2) is 17.6 Å². The standard InChI is InChI=1S/C15H24N2OS/c1-3-11(2)19-10-14(17-16)13-8-4-6-12-7-5-9-18-15(12)13/h4,6,8,11,14,17H,3,5,7,9-10,16H2,1-2H3. The summed E-state index contributed by atoms with van der Waals surface area (Å²) < 4.78 is 5.87. The Balaban J connectivity index is 2.14. The van der Waals surface area contributed by atoms with E-state index in [1.165, 1.54) is 17.5 Å². The highest BCUT2D eigenvalue weighted by atomic mass is 32.2. The first-order valence-electron chi connectivity index (χ1n) is 7.08. The number of hydrogen-bond donors (Lipinski definition) is 2. The van der Waals surface area contributed by atoms with Crippen LogP contribution in [-0.2, 0) is 6.42 Å². The Labute approximate surface area is 120 Å². The molecule has 2 rings (SSSR count). The van der Waals surface area contributed by atoms with Gasteiger partial charge in [-0.1, -0.05) is 32.0 Å². The van der Waals surface area contributed by atoms with Crippen molar-refractivity contribution >= 4 is 11.8 Å². The summed E-state index contributed by atoms with van der Waals surface area (Å²) in [5.41, 5.74) is 5.47. The number of nitrogens with two attached hydrogens (primary N) is 1. The monoisotopic (exact) mass is 280 g/mol. The molecular formula is C15H24N2OS. The molecular weight excluding hydrogens is 256 g/mol. The highest BCUT2D eigenvalue weighted by molar-refractivity contribution is 7.99. The van der Waals surface area contributed by atoms with Crippen LogP contribution in [0.2, 0.25) is 0 Å². The molecule has 2 unspecified atom stereocenters. The molecule has 4 heteroatoms. The smallest absolute Gasteiger partial charge is 0.127 e. The predicted octanol–water partition coefficient (Wildman–Crippen LogP) is 3.05. The molecule has 2 atom stereocenters. The van der Waals surface area contributed by atoms with Gasteiger partial charge in [-0.15, -0.1) is 0 Å². The molecule has 0 aromatic heterocycles. The fraction of sp³-hybridized carbons (Fsp3) is 0.600. The van der Waals surface area contributed by atoms with E-state index in [0.29, 0.717) is 5.25 Å². The van der Waals surface area contributed by atoms with Crippen molar-refractivity contribution in [3.05, 3.63) is 29.3 Å². The minimum Gasteiger partial charge on any atom is -0.493 e. The highest BCUT2D eigenvalue weighted by Gasteiger charge is 2.20. The summed E-state index contributed by atoms with van der Waals surface area (Å²) in [5.74, 6) is 7.78. The van der Waals surface area contributed by atoms with Crippen molar-refractivity contribution in [1.29, 1.82) is 0 Å². The minimum atomic E-state index is 0.159. The molecule has 0 fully saturated rings. The number of benzene rings is 1. The van der Waals surface area contributed by atoms with Crippen LogP contribution in [0, 0.1) is 0 Å². The minimum absolute atomic E-state index is 0.159. The Hall–Kier alpha value is -0.710. The summed E-state index contributed by atoms with van der Waals surface area (Å²) in [7, 11) is 0. The van der Waals surface area contributed by atoms with Gasteiger partial charge >= 0.3 is 0 Å². The van der Waals surface area contributed by atoms with Crippen LogP contribution in [0.4, 0.5) is 0 Å². The number of hydrogen-bond acceptors (Lipinski definition) is 4. The van der Waals surface area contributed by atoms with E-state index in [-0.39, 0.29) is 6.04 Å². The van der Waals surface area contributed by atoms with Crippen LogP contribution in [0.5, 0.6) is 5.75 Å². The Morgan fingerprint density at radius 2 is 2.32 bits per heavy atom. The molecule has 0 saturated heterocycles. The van der Waals surface area contributed by atoms with Crippen molar-refractivity contribution < 1.29 is 4.74 Å². The first-order chi connectivity index (χ1) is 9.26. The zero-order valence-corrected chi connectivity index (χ0v) is 12.6. The Morgan fingerprint density at radius 3 is 3.05 bits per heavy atom. The molecule has 106 valence electrons. The summed E-state index contributed by atoms with van der Waals surface area (Å²) >= 11 is 1.96. The maximum atomic E-state index is 5.87. The SMILES string of the molecule is CCC(C)SCC(NN)c1cccc2c1OCCC2. The van der Waals surface area contributed by atoms with Gasteiger partial charge in [-0.3, -0.25) is 11.3 Å². The van der Waals surface area contributed by atoms with Gasteiger partial charge in [0, 0.05) is 16.6 Å². The molecule has 3 N–H and O–H groups in total. The average Bonchev–Trinajstić information content (AvgIpc) is 2.47. The lowest BCUT2D eigenvalue weighted by Gasteiger charge is -2.25. The molecule has 3 nitrogen and oxygen atoms in total. The van der Waals surface area contributed by atoms with Crippen LogP contribution in [0.3, 0.4) is 0 Å². The van der Waals surface area contributed by atoms with E-state index in [0.717, 1.165) is 31.0 Å². The molecule has 1 aromatic carbocycles. The van der Waals surface area contributed by atoms with E-state index in [1.807, 2.05) is 11.8 Å². The fourth-order valence-electron chi connectivity index (χ4n) is 2.29. The summed E-state index contributed by atoms with van der Waals surface area (Å²) in [4.78, 5) is 0. The summed E-state index contributed by atoms with van der Waals surface area (Å²) in [6.45, 7) is 5.30. The van der Waals surface area contributed by atoms with E-state index in [4.69, 9.17) is 10.6 Å². The predicted molar refractivity (Wildman–Crippen MR) is 82.5 cm³/mol. The normalized spacial score (nSPS) is 17.4. The lowest BCUT2D eigenvalue weighted by Crippen LogP contribution is -2.31. The number of nitrogens with one attached hydrogen (secondary N) is 1. The molecule has 1 heterocycles. The molecule has 0 aliphatic carbocycles. The molecule has 1 aromatic rings. The Bertz CT molecular complexity index is 411. The summed E-state index contributed by atoms with van der Waals surface area (Å²) in [6.07, 6.45) is 3.41. The third-order valence-electron chi connectivity index (χ3n) is 3.66. The van der Waals surface area contributed by atoms with Crippen molar-refractivity contribution in [2.45, 2.75) is 44.4 Å². The largest absolute Gasteiger partial charge is 0.493 e. The van der Waals surface area contributed by atoms with Gasteiger partial charge in [0.25, 0.3) is 0 Å². The number of rotatable bonds is 6. The van der Waals surface area contributed by atoms with Crippen molar-refractivity contribution in [2.24, 2.45) is 5.84 Å². The maximum absolute atomic E-state index is 5.87. The molecule has 0 bridgehead atoms. The molecule has 0 radical (unpaired) electrons. The molecule has 0 saturated carbocycles. The zero-order chi connectivity index (χ0) is 13.7.